The lowest BCUT2D eigenvalue weighted by Gasteiger charge is -2.24. The Morgan fingerprint density at radius 3 is 2.73 bits per heavy atom. The van der Waals surface area contributed by atoms with E-state index in [1.54, 1.807) is 0 Å². The van der Waals surface area contributed by atoms with Crippen molar-refractivity contribution in [3.63, 3.8) is 0 Å². The van der Waals surface area contributed by atoms with Gasteiger partial charge in [-0.15, -0.1) is 24.0 Å². The number of nitrogens with one attached hydrogen (secondary N) is 1. The minimum atomic E-state index is 0. The minimum absolute atomic E-state index is 0. The van der Waals surface area contributed by atoms with Crippen LogP contribution in [0.1, 0.15) is 24.8 Å². The van der Waals surface area contributed by atoms with Crippen LogP contribution in [0.4, 0.5) is 5.69 Å². The molecule has 1 N–H and O–H groups in total. The SMILES string of the molecule is CN=C(NCc1ccc(N2CCCC2=O)cc1)N(C)CC1CCOC1.I. The molecule has 26 heavy (non-hydrogen) atoms. The maximum atomic E-state index is 11.8. The lowest BCUT2D eigenvalue weighted by Crippen LogP contribution is -2.41. The molecule has 0 spiro atoms. The van der Waals surface area contributed by atoms with Crippen LogP contribution in [0.3, 0.4) is 0 Å². The Kier molecular flexibility index (Phi) is 8.15. The van der Waals surface area contributed by atoms with Gasteiger partial charge in [-0.1, -0.05) is 12.1 Å². The Bertz CT molecular complexity index is 614. The fourth-order valence-electron chi connectivity index (χ4n) is 3.48. The molecular weight excluding hydrogens is 443 g/mol. The van der Waals surface area contributed by atoms with Crippen LogP contribution in [0.5, 0.6) is 0 Å². The van der Waals surface area contributed by atoms with Crippen molar-refractivity contribution >= 4 is 41.5 Å². The number of amides is 1. The second-order valence-corrected chi connectivity index (χ2v) is 6.83. The van der Waals surface area contributed by atoms with E-state index >= 15 is 0 Å². The highest BCUT2D eigenvalue weighted by atomic mass is 127. The number of rotatable bonds is 5. The van der Waals surface area contributed by atoms with Gasteiger partial charge in [0, 0.05) is 58.4 Å². The van der Waals surface area contributed by atoms with Gasteiger partial charge in [0.25, 0.3) is 0 Å². The van der Waals surface area contributed by atoms with Crippen molar-refractivity contribution in [2.45, 2.75) is 25.8 Å². The smallest absolute Gasteiger partial charge is 0.227 e. The summed E-state index contributed by atoms with van der Waals surface area (Å²) in [5, 5.41) is 3.41. The van der Waals surface area contributed by atoms with Crippen LogP contribution in [0.15, 0.2) is 29.3 Å². The first-order valence-corrected chi connectivity index (χ1v) is 9.06. The lowest BCUT2D eigenvalue weighted by molar-refractivity contribution is -0.117. The number of guanidine groups is 1. The number of nitrogens with zero attached hydrogens (tertiary/aromatic N) is 3. The molecule has 1 aromatic rings. The first-order chi connectivity index (χ1) is 12.2. The minimum Gasteiger partial charge on any atom is -0.381 e. The molecule has 2 heterocycles. The van der Waals surface area contributed by atoms with Gasteiger partial charge in [0.2, 0.25) is 5.91 Å². The molecule has 2 aliphatic heterocycles. The number of ether oxygens (including phenoxy) is 1. The van der Waals surface area contributed by atoms with Crippen molar-refractivity contribution in [1.82, 2.24) is 10.2 Å². The van der Waals surface area contributed by atoms with E-state index in [0.29, 0.717) is 18.9 Å². The maximum absolute atomic E-state index is 11.8. The third-order valence-electron chi connectivity index (χ3n) is 4.90. The summed E-state index contributed by atoms with van der Waals surface area (Å²) in [6.45, 7) is 4.22. The Morgan fingerprint density at radius 1 is 1.38 bits per heavy atom. The maximum Gasteiger partial charge on any atom is 0.227 e. The number of benzene rings is 1. The van der Waals surface area contributed by atoms with Gasteiger partial charge in [0.05, 0.1) is 6.61 Å². The van der Waals surface area contributed by atoms with Crippen LogP contribution in [-0.4, -0.2) is 57.2 Å². The van der Waals surface area contributed by atoms with Gasteiger partial charge in [0.1, 0.15) is 0 Å². The Labute approximate surface area is 173 Å². The van der Waals surface area contributed by atoms with E-state index in [0.717, 1.165) is 50.8 Å². The molecule has 3 rings (SSSR count). The van der Waals surface area contributed by atoms with E-state index in [4.69, 9.17) is 4.74 Å². The molecule has 2 saturated heterocycles. The van der Waals surface area contributed by atoms with Crippen molar-refractivity contribution < 1.29 is 9.53 Å². The van der Waals surface area contributed by atoms with Gasteiger partial charge in [0.15, 0.2) is 5.96 Å². The number of anilines is 1. The largest absolute Gasteiger partial charge is 0.381 e. The fourth-order valence-corrected chi connectivity index (χ4v) is 3.48. The fraction of sp³-hybridized carbons (Fsp3) is 0.579. The van der Waals surface area contributed by atoms with Gasteiger partial charge in [-0.3, -0.25) is 9.79 Å². The third-order valence-corrected chi connectivity index (χ3v) is 4.90. The summed E-state index contributed by atoms with van der Waals surface area (Å²) >= 11 is 0. The molecule has 0 saturated carbocycles. The van der Waals surface area contributed by atoms with Crippen molar-refractivity contribution in [3.05, 3.63) is 29.8 Å². The van der Waals surface area contributed by atoms with E-state index in [9.17, 15) is 4.79 Å². The topological polar surface area (TPSA) is 57.2 Å². The number of carbonyl (C=O) groups is 1. The summed E-state index contributed by atoms with van der Waals surface area (Å²) < 4.78 is 5.45. The lowest BCUT2D eigenvalue weighted by atomic mass is 10.1. The van der Waals surface area contributed by atoms with Crippen LogP contribution in [0.2, 0.25) is 0 Å². The molecule has 0 bridgehead atoms. The molecule has 0 aromatic heterocycles. The molecule has 0 radical (unpaired) electrons. The van der Waals surface area contributed by atoms with E-state index in [1.807, 2.05) is 24.1 Å². The van der Waals surface area contributed by atoms with Crippen molar-refractivity contribution in [3.8, 4) is 0 Å². The first kappa shape index (κ1) is 21.0. The summed E-state index contributed by atoms with van der Waals surface area (Å²) in [6.07, 6.45) is 2.74. The number of carbonyl (C=O) groups excluding carboxylic acids is 1. The number of aliphatic imine (C=N–C) groups is 1. The van der Waals surface area contributed by atoms with Gasteiger partial charge >= 0.3 is 0 Å². The van der Waals surface area contributed by atoms with Gasteiger partial charge < -0.3 is 19.9 Å². The number of hydrogen-bond donors (Lipinski definition) is 1. The molecule has 144 valence electrons. The standard InChI is InChI=1S/C19H28N4O2.HI/c1-20-19(22(2)13-16-9-11-25-14-16)21-12-15-5-7-17(8-6-15)23-10-3-4-18(23)24;/h5-8,16H,3-4,9-14H2,1-2H3,(H,20,21);1H. The van der Waals surface area contributed by atoms with E-state index in [2.05, 4.69) is 34.4 Å². The first-order valence-electron chi connectivity index (χ1n) is 9.06. The van der Waals surface area contributed by atoms with Crippen LogP contribution in [0, 0.1) is 5.92 Å². The zero-order valence-electron chi connectivity index (χ0n) is 15.6. The van der Waals surface area contributed by atoms with Crippen molar-refractivity contribution in [1.29, 1.82) is 0 Å². The highest BCUT2D eigenvalue weighted by Crippen LogP contribution is 2.21. The van der Waals surface area contributed by atoms with Crippen molar-refractivity contribution in [2.24, 2.45) is 10.9 Å². The summed E-state index contributed by atoms with van der Waals surface area (Å²) in [4.78, 5) is 20.2. The zero-order chi connectivity index (χ0) is 17.6. The molecule has 2 fully saturated rings. The molecule has 1 atom stereocenters. The quantitative estimate of drug-likeness (QED) is 0.407. The Morgan fingerprint density at radius 2 is 2.15 bits per heavy atom. The van der Waals surface area contributed by atoms with Gasteiger partial charge in [-0.05, 0) is 30.5 Å². The predicted octanol–water partition coefficient (Wildman–Crippen LogP) is 2.48. The monoisotopic (exact) mass is 472 g/mol. The second-order valence-electron chi connectivity index (χ2n) is 6.83. The van der Waals surface area contributed by atoms with Crippen LogP contribution in [0.25, 0.3) is 0 Å². The molecule has 1 amide bonds. The molecule has 6 nitrogen and oxygen atoms in total. The molecule has 1 unspecified atom stereocenters. The van der Waals surface area contributed by atoms with Crippen LogP contribution in [-0.2, 0) is 16.1 Å². The Hall–Kier alpha value is -1.35. The highest BCUT2D eigenvalue weighted by Gasteiger charge is 2.21. The molecular formula is C19H29IN4O2. The molecule has 0 aliphatic carbocycles. The normalized spacial score (nSPS) is 20.2. The third kappa shape index (κ3) is 5.33. The summed E-state index contributed by atoms with van der Waals surface area (Å²) in [5.41, 5.74) is 2.17. The number of halogens is 1. The number of hydrogen-bond acceptors (Lipinski definition) is 3. The summed E-state index contributed by atoms with van der Waals surface area (Å²) in [7, 11) is 3.88. The van der Waals surface area contributed by atoms with E-state index < -0.39 is 0 Å². The molecule has 7 heteroatoms. The molecule has 1 aromatic carbocycles. The van der Waals surface area contributed by atoms with Gasteiger partial charge in [-0.2, -0.15) is 0 Å². The average molecular weight is 472 g/mol. The summed E-state index contributed by atoms with van der Waals surface area (Å²) in [6, 6.07) is 8.21. The summed E-state index contributed by atoms with van der Waals surface area (Å²) in [5.74, 6) is 1.70. The van der Waals surface area contributed by atoms with E-state index in [1.165, 1.54) is 5.56 Å². The van der Waals surface area contributed by atoms with Crippen LogP contribution >= 0.6 is 24.0 Å². The van der Waals surface area contributed by atoms with Gasteiger partial charge in [-0.25, -0.2) is 0 Å². The van der Waals surface area contributed by atoms with E-state index in [-0.39, 0.29) is 29.9 Å². The van der Waals surface area contributed by atoms with Crippen molar-refractivity contribution in [2.75, 3.05) is 45.3 Å². The zero-order valence-corrected chi connectivity index (χ0v) is 17.9. The Balaban J connectivity index is 0.00000243. The highest BCUT2D eigenvalue weighted by molar-refractivity contribution is 14.0. The molecule has 2 aliphatic rings. The predicted molar refractivity (Wildman–Crippen MR) is 115 cm³/mol. The second kappa shape index (κ2) is 10.1. The van der Waals surface area contributed by atoms with Crippen LogP contribution < -0.4 is 10.2 Å². The average Bonchev–Trinajstić information content (AvgIpc) is 3.28.